The summed E-state index contributed by atoms with van der Waals surface area (Å²) in [6, 6.07) is 0.875. The maximum atomic E-state index is 11.7. The Kier molecular flexibility index (Phi) is 4.00. The van der Waals surface area contributed by atoms with E-state index in [0.717, 1.165) is 31.8 Å². The van der Waals surface area contributed by atoms with Gasteiger partial charge < -0.3 is 4.90 Å². The molecule has 102 valence electrons. The summed E-state index contributed by atoms with van der Waals surface area (Å²) in [6.45, 7) is 5.86. The summed E-state index contributed by atoms with van der Waals surface area (Å²) >= 11 is 0. The van der Waals surface area contributed by atoms with Crippen LogP contribution in [0.15, 0.2) is 0 Å². The van der Waals surface area contributed by atoms with Gasteiger partial charge in [0.05, 0.1) is 0 Å². The van der Waals surface area contributed by atoms with Crippen molar-refractivity contribution in [3.63, 3.8) is 0 Å². The summed E-state index contributed by atoms with van der Waals surface area (Å²) in [5, 5.41) is 0. The number of rotatable bonds is 3. The Balaban J connectivity index is 1.43. The third-order valence-corrected chi connectivity index (χ3v) is 5.16. The average Bonchev–Trinajstić information content (AvgIpc) is 3.03. The Hall–Kier alpha value is -0.410. The highest BCUT2D eigenvalue weighted by Gasteiger charge is 2.30. The SMILES string of the molecule is O=C1CCCC1CN1CCN(C2CCCC2)CC1. The molecule has 0 aromatic carbocycles. The van der Waals surface area contributed by atoms with Crippen LogP contribution in [0.3, 0.4) is 0 Å². The topological polar surface area (TPSA) is 23.6 Å². The molecule has 3 rings (SSSR count). The molecule has 3 heteroatoms. The van der Waals surface area contributed by atoms with Crippen LogP contribution >= 0.6 is 0 Å². The largest absolute Gasteiger partial charge is 0.300 e. The van der Waals surface area contributed by atoms with Gasteiger partial charge in [-0.05, 0) is 25.7 Å². The first-order valence-corrected chi connectivity index (χ1v) is 7.82. The zero-order valence-corrected chi connectivity index (χ0v) is 11.4. The van der Waals surface area contributed by atoms with Crippen LogP contribution in [0.1, 0.15) is 44.9 Å². The maximum Gasteiger partial charge on any atom is 0.137 e. The Morgan fingerprint density at radius 2 is 1.67 bits per heavy atom. The number of hydrogen-bond donors (Lipinski definition) is 0. The predicted molar refractivity (Wildman–Crippen MR) is 72.6 cm³/mol. The number of carbonyl (C=O) groups excluding carboxylic acids is 1. The molecule has 1 unspecified atom stereocenters. The minimum absolute atomic E-state index is 0.364. The molecule has 1 heterocycles. The molecule has 3 nitrogen and oxygen atoms in total. The van der Waals surface area contributed by atoms with Crippen molar-refractivity contribution in [1.82, 2.24) is 9.80 Å². The van der Waals surface area contributed by atoms with E-state index in [9.17, 15) is 4.79 Å². The van der Waals surface area contributed by atoms with E-state index in [0.29, 0.717) is 11.7 Å². The van der Waals surface area contributed by atoms with Gasteiger partial charge in [-0.2, -0.15) is 0 Å². The van der Waals surface area contributed by atoms with Crippen LogP contribution in [0.25, 0.3) is 0 Å². The molecule has 0 aromatic rings. The molecule has 0 N–H and O–H groups in total. The highest BCUT2D eigenvalue weighted by molar-refractivity contribution is 5.83. The van der Waals surface area contributed by atoms with Gasteiger partial charge in [-0.15, -0.1) is 0 Å². The van der Waals surface area contributed by atoms with Crippen molar-refractivity contribution in [2.75, 3.05) is 32.7 Å². The molecular weight excluding hydrogens is 224 g/mol. The monoisotopic (exact) mass is 250 g/mol. The normalized spacial score (nSPS) is 32.4. The van der Waals surface area contributed by atoms with Gasteiger partial charge in [0.15, 0.2) is 0 Å². The summed E-state index contributed by atoms with van der Waals surface area (Å²) < 4.78 is 0. The van der Waals surface area contributed by atoms with E-state index in [4.69, 9.17) is 0 Å². The fourth-order valence-electron chi connectivity index (χ4n) is 3.97. The van der Waals surface area contributed by atoms with Gasteiger partial charge in [0.1, 0.15) is 5.78 Å². The van der Waals surface area contributed by atoms with Crippen molar-refractivity contribution in [3.8, 4) is 0 Å². The van der Waals surface area contributed by atoms with Crippen LogP contribution in [0.4, 0.5) is 0 Å². The first-order chi connectivity index (χ1) is 8.83. The smallest absolute Gasteiger partial charge is 0.137 e. The van der Waals surface area contributed by atoms with Crippen molar-refractivity contribution in [2.24, 2.45) is 5.92 Å². The molecular formula is C15H26N2O. The lowest BCUT2D eigenvalue weighted by Crippen LogP contribution is -2.50. The van der Waals surface area contributed by atoms with Crippen LogP contribution in [-0.2, 0) is 4.79 Å². The van der Waals surface area contributed by atoms with E-state index in [1.54, 1.807) is 0 Å². The molecule has 3 fully saturated rings. The predicted octanol–water partition coefficient (Wildman–Crippen LogP) is 1.92. The summed E-state index contributed by atoms with van der Waals surface area (Å²) in [5.74, 6) is 0.885. The fraction of sp³-hybridized carbons (Fsp3) is 0.933. The zero-order chi connectivity index (χ0) is 12.4. The van der Waals surface area contributed by atoms with E-state index in [2.05, 4.69) is 9.80 Å². The van der Waals surface area contributed by atoms with E-state index in [1.165, 1.54) is 51.9 Å². The summed E-state index contributed by atoms with van der Waals surface area (Å²) in [6.07, 6.45) is 8.81. The van der Waals surface area contributed by atoms with E-state index in [-0.39, 0.29) is 0 Å². The van der Waals surface area contributed by atoms with Crippen molar-refractivity contribution in [2.45, 2.75) is 51.0 Å². The molecule has 0 aromatic heterocycles. The van der Waals surface area contributed by atoms with Crippen LogP contribution in [-0.4, -0.2) is 54.3 Å². The standard InChI is InChI=1S/C15H26N2O/c18-15-7-3-4-13(15)12-16-8-10-17(11-9-16)14-5-1-2-6-14/h13-14H,1-12H2. The van der Waals surface area contributed by atoms with Crippen LogP contribution in [0.2, 0.25) is 0 Å². The number of hydrogen-bond acceptors (Lipinski definition) is 3. The Morgan fingerprint density at radius 3 is 2.28 bits per heavy atom. The lowest BCUT2D eigenvalue weighted by atomic mass is 10.1. The highest BCUT2D eigenvalue weighted by atomic mass is 16.1. The van der Waals surface area contributed by atoms with Gasteiger partial charge in [-0.1, -0.05) is 12.8 Å². The molecule has 0 radical (unpaired) electrons. The highest BCUT2D eigenvalue weighted by Crippen LogP contribution is 2.26. The third kappa shape index (κ3) is 2.77. The Bertz CT molecular complexity index is 291. The second-order valence-corrected chi connectivity index (χ2v) is 6.33. The van der Waals surface area contributed by atoms with Gasteiger partial charge in [-0.3, -0.25) is 9.69 Å². The maximum absolute atomic E-state index is 11.7. The minimum atomic E-state index is 0.364. The van der Waals surface area contributed by atoms with Gasteiger partial charge in [0.25, 0.3) is 0 Å². The van der Waals surface area contributed by atoms with Gasteiger partial charge in [-0.25, -0.2) is 0 Å². The first kappa shape index (κ1) is 12.6. The van der Waals surface area contributed by atoms with Crippen molar-refractivity contribution >= 4 is 5.78 Å². The van der Waals surface area contributed by atoms with E-state index in [1.807, 2.05) is 0 Å². The van der Waals surface area contributed by atoms with E-state index < -0.39 is 0 Å². The van der Waals surface area contributed by atoms with Crippen LogP contribution in [0, 0.1) is 5.92 Å². The van der Waals surface area contributed by atoms with Gasteiger partial charge in [0.2, 0.25) is 0 Å². The number of carbonyl (C=O) groups is 1. The lowest BCUT2D eigenvalue weighted by molar-refractivity contribution is -0.121. The molecule has 0 amide bonds. The first-order valence-electron chi connectivity index (χ1n) is 7.82. The Labute approximate surface area is 111 Å². The lowest BCUT2D eigenvalue weighted by Gasteiger charge is -2.38. The molecule has 1 aliphatic heterocycles. The molecule has 1 atom stereocenters. The zero-order valence-electron chi connectivity index (χ0n) is 11.4. The summed E-state index contributed by atoms with van der Waals surface area (Å²) in [4.78, 5) is 16.9. The molecule has 1 saturated heterocycles. The van der Waals surface area contributed by atoms with Crippen molar-refractivity contribution in [3.05, 3.63) is 0 Å². The van der Waals surface area contributed by atoms with Crippen LogP contribution < -0.4 is 0 Å². The van der Waals surface area contributed by atoms with Crippen LogP contribution in [0.5, 0.6) is 0 Å². The van der Waals surface area contributed by atoms with Crippen molar-refractivity contribution < 1.29 is 4.79 Å². The summed E-state index contributed by atoms with van der Waals surface area (Å²) in [5.41, 5.74) is 0. The van der Waals surface area contributed by atoms with Gasteiger partial charge in [0, 0.05) is 51.1 Å². The quantitative estimate of drug-likeness (QED) is 0.764. The molecule has 3 aliphatic rings. The second kappa shape index (κ2) is 5.70. The number of nitrogens with zero attached hydrogens (tertiary/aromatic N) is 2. The average molecular weight is 250 g/mol. The number of piperazine rings is 1. The Morgan fingerprint density at radius 1 is 0.944 bits per heavy atom. The van der Waals surface area contributed by atoms with E-state index >= 15 is 0 Å². The molecule has 0 bridgehead atoms. The molecule has 2 saturated carbocycles. The summed E-state index contributed by atoms with van der Waals surface area (Å²) in [7, 11) is 0. The fourth-order valence-corrected chi connectivity index (χ4v) is 3.97. The molecule has 0 spiro atoms. The molecule has 18 heavy (non-hydrogen) atoms. The van der Waals surface area contributed by atoms with Gasteiger partial charge >= 0.3 is 0 Å². The minimum Gasteiger partial charge on any atom is -0.300 e. The second-order valence-electron chi connectivity index (χ2n) is 6.33. The number of Topliss-reactive ketones (excluding diaryl/α,β-unsaturated/α-hetero) is 1. The van der Waals surface area contributed by atoms with Crippen molar-refractivity contribution in [1.29, 1.82) is 0 Å². The third-order valence-electron chi connectivity index (χ3n) is 5.16. The number of ketones is 1. The molecule has 2 aliphatic carbocycles.